The summed E-state index contributed by atoms with van der Waals surface area (Å²) in [5, 5.41) is 0. The van der Waals surface area contributed by atoms with Gasteiger partial charge in [-0.1, -0.05) is 34.1 Å². The molecule has 0 atom stereocenters. The van der Waals surface area contributed by atoms with Crippen molar-refractivity contribution in [2.24, 2.45) is 0 Å². The van der Waals surface area contributed by atoms with Crippen molar-refractivity contribution in [2.45, 2.75) is 32.0 Å². The second-order valence-electron chi connectivity index (χ2n) is 5.57. The molecule has 2 nitrogen and oxygen atoms in total. The van der Waals surface area contributed by atoms with Gasteiger partial charge in [-0.25, -0.2) is 4.39 Å². The van der Waals surface area contributed by atoms with Gasteiger partial charge in [0.2, 0.25) is 0 Å². The highest BCUT2D eigenvalue weighted by Crippen LogP contribution is 2.31. The van der Waals surface area contributed by atoms with E-state index in [0.29, 0.717) is 12.6 Å². The zero-order valence-electron chi connectivity index (χ0n) is 11.7. The molecule has 2 N–H and O–H groups in total. The van der Waals surface area contributed by atoms with E-state index in [-0.39, 0.29) is 5.82 Å². The lowest BCUT2D eigenvalue weighted by atomic mass is 10.1. The molecule has 0 aliphatic heterocycles. The van der Waals surface area contributed by atoms with Crippen LogP contribution in [0.15, 0.2) is 46.9 Å². The van der Waals surface area contributed by atoms with E-state index in [0.717, 1.165) is 27.8 Å². The van der Waals surface area contributed by atoms with Gasteiger partial charge in [-0.15, -0.1) is 0 Å². The van der Waals surface area contributed by atoms with Crippen LogP contribution in [-0.2, 0) is 13.1 Å². The largest absolute Gasteiger partial charge is 0.398 e. The topological polar surface area (TPSA) is 29.3 Å². The molecule has 1 saturated carbocycles. The standard InChI is InChI=1S/C17H18BrFN2/c18-14-5-8-16(19)13(9-14)11-21(15-6-7-15)10-12-3-1-2-4-17(12)20/h1-5,8-9,15H,6-7,10-11,20H2. The van der Waals surface area contributed by atoms with Crippen molar-refractivity contribution >= 4 is 21.6 Å². The first-order valence-corrected chi connectivity index (χ1v) is 7.94. The first-order valence-electron chi connectivity index (χ1n) is 7.15. The lowest BCUT2D eigenvalue weighted by Gasteiger charge is -2.23. The molecular weight excluding hydrogens is 331 g/mol. The van der Waals surface area contributed by atoms with Gasteiger partial charge in [-0.3, -0.25) is 4.90 Å². The van der Waals surface area contributed by atoms with E-state index in [1.807, 2.05) is 30.3 Å². The number of anilines is 1. The summed E-state index contributed by atoms with van der Waals surface area (Å²) in [6, 6.07) is 13.5. The van der Waals surface area contributed by atoms with Crippen molar-refractivity contribution in [1.29, 1.82) is 0 Å². The Labute approximate surface area is 132 Å². The summed E-state index contributed by atoms with van der Waals surface area (Å²) in [5.74, 6) is -0.148. The third-order valence-electron chi connectivity index (χ3n) is 3.87. The van der Waals surface area contributed by atoms with Gasteiger partial charge in [0.05, 0.1) is 0 Å². The van der Waals surface area contributed by atoms with Gasteiger partial charge in [-0.05, 0) is 42.7 Å². The molecule has 1 aliphatic carbocycles. The van der Waals surface area contributed by atoms with Crippen LogP contribution in [0, 0.1) is 5.82 Å². The van der Waals surface area contributed by atoms with Crippen molar-refractivity contribution in [3.63, 3.8) is 0 Å². The fraction of sp³-hybridized carbons (Fsp3) is 0.294. The van der Waals surface area contributed by atoms with Gasteiger partial charge in [0, 0.05) is 34.9 Å². The van der Waals surface area contributed by atoms with E-state index in [4.69, 9.17) is 5.73 Å². The third-order valence-corrected chi connectivity index (χ3v) is 4.37. The third kappa shape index (κ3) is 3.63. The number of nitrogens with zero attached hydrogens (tertiary/aromatic N) is 1. The predicted molar refractivity (Wildman–Crippen MR) is 87.2 cm³/mol. The van der Waals surface area contributed by atoms with Gasteiger partial charge < -0.3 is 5.73 Å². The molecule has 0 aromatic heterocycles. The average molecular weight is 349 g/mol. The van der Waals surface area contributed by atoms with Crippen LogP contribution in [0.25, 0.3) is 0 Å². The summed E-state index contributed by atoms with van der Waals surface area (Å²) in [4.78, 5) is 2.32. The minimum absolute atomic E-state index is 0.148. The Hall–Kier alpha value is -1.39. The van der Waals surface area contributed by atoms with E-state index in [2.05, 4.69) is 20.8 Å². The number of nitrogen functional groups attached to an aromatic ring is 1. The number of hydrogen-bond acceptors (Lipinski definition) is 2. The molecule has 2 aromatic carbocycles. The zero-order valence-corrected chi connectivity index (χ0v) is 13.3. The Balaban J connectivity index is 1.79. The molecule has 0 amide bonds. The molecule has 110 valence electrons. The Morgan fingerprint density at radius 2 is 1.81 bits per heavy atom. The maximum atomic E-state index is 14.0. The Morgan fingerprint density at radius 1 is 1.10 bits per heavy atom. The Kier molecular flexibility index (Phi) is 4.27. The quantitative estimate of drug-likeness (QED) is 0.814. The lowest BCUT2D eigenvalue weighted by molar-refractivity contribution is 0.242. The normalized spacial score (nSPS) is 14.6. The molecule has 0 bridgehead atoms. The molecule has 2 aromatic rings. The number of hydrogen-bond donors (Lipinski definition) is 1. The molecule has 1 fully saturated rings. The summed E-state index contributed by atoms with van der Waals surface area (Å²) in [7, 11) is 0. The van der Waals surface area contributed by atoms with Crippen LogP contribution in [0.3, 0.4) is 0 Å². The van der Waals surface area contributed by atoms with Gasteiger partial charge in [0.25, 0.3) is 0 Å². The van der Waals surface area contributed by atoms with Gasteiger partial charge in [-0.2, -0.15) is 0 Å². The van der Waals surface area contributed by atoms with Gasteiger partial charge in [0.1, 0.15) is 5.82 Å². The van der Waals surface area contributed by atoms with Crippen LogP contribution in [0.5, 0.6) is 0 Å². The molecule has 3 rings (SSSR count). The second kappa shape index (κ2) is 6.16. The molecule has 1 aliphatic rings. The average Bonchev–Trinajstić information content (AvgIpc) is 3.29. The van der Waals surface area contributed by atoms with E-state index in [1.54, 1.807) is 6.07 Å². The molecule has 21 heavy (non-hydrogen) atoms. The monoisotopic (exact) mass is 348 g/mol. The van der Waals surface area contributed by atoms with E-state index in [9.17, 15) is 4.39 Å². The highest BCUT2D eigenvalue weighted by molar-refractivity contribution is 9.10. The minimum Gasteiger partial charge on any atom is -0.398 e. The first kappa shape index (κ1) is 14.5. The number of nitrogens with two attached hydrogens (primary N) is 1. The molecular formula is C17H18BrFN2. The highest BCUT2D eigenvalue weighted by Gasteiger charge is 2.29. The smallest absolute Gasteiger partial charge is 0.127 e. The fourth-order valence-electron chi connectivity index (χ4n) is 2.53. The van der Waals surface area contributed by atoms with Crippen molar-refractivity contribution < 1.29 is 4.39 Å². The summed E-state index contributed by atoms with van der Waals surface area (Å²) >= 11 is 3.41. The van der Waals surface area contributed by atoms with Gasteiger partial charge in [0.15, 0.2) is 0 Å². The van der Waals surface area contributed by atoms with Crippen LogP contribution in [0.2, 0.25) is 0 Å². The number of halogens is 2. The van der Waals surface area contributed by atoms with Crippen LogP contribution in [-0.4, -0.2) is 10.9 Å². The Bertz CT molecular complexity index is 640. The SMILES string of the molecule is Nc1ccccc1CN(Cc1cc(Br)ccc1F)C1CC1. The van der Waals surface area contributed by atoms with E-state index < -0.39 is 0 Å². The van der Waals surface area contributed by atoms with Crippen molar-refractivity contribution in [3.8, 4) is 0 Å². The number of rotatable bonds is 5. The molecule has 4 heteroatoms. The van der Waals surface area contributed by atoms with Crippen molar-refractivity contribution in [2.75, 3.05) is 5.73 Å². The van der Waals surface area contributed by atoms with Crippen molar-refractivity contribution in [1.82, 2.24) is 4.90 Å². The zero-order chi connectivity index (χ0) is 14.8. The fourth-order valence-corrected chi connectivity index (χ4v) is 2.94. The minimum atomic E-state index is -0.148. The molecule has 0 heterocycles. The molecule has 0 unspecified atom stereocenters. The van der Waals surface area contributed by atoms with Crippen LogP contribution >= 0.6 is 15.9 Å². The van der Waals surface area contributed by atoms with E-state index in [1.165, 1.54) is 18.9 Å². The van der Waals surface area contributed by atoms with Crippen LogP contribution in [0.4, 0.5) is 10.1 Å². The predicted octanol–water partition coefficient (Wildman–Crippen LogP) is 4.34. The summed E-state index contributed by atoms with van der Waals surface area (Å²) in [5.41, 5.74) is 8.67. The molecule has 0 spiro atoms. The number of para-hydroxylation sites is 1. The highest BCUT2D eigenvalue weighted by atomic mass is 79.9. The van der Waals surface area contributed by atoms with Crippen LogP contribution < -0.4 is 5.73 Å². The summed E-state index contributed by atoms with van der Waals surface area (Å²) in [6.07, 6.45) is 2.37. The Morgan fingerprint density at radius 3 is 2.52 bits per heavy atom. The lowest BCUT2D eigenvalue weighted by Crippen LogP contribution is -2.26. The van der Waals surface area contributed by atoms with Crippen LogP contribution in [0.1, 0.15) is 24.0 Å². The first-order chi connectivity index (χ1) is 10.1. The van der Waals surface area contributed by atoms with Crippen molar-refractivity contribution in [3.05, 3.63) is 63.9 Å². The summed E-state index contributed by atoms with van der Waals surface area (Å²) in [6.45, 7) is 1.38. The maximum absolute atomic E-state index is 14.0. The molecule has 0 saturated heterocycles. The maximum Gasteiger partial charge on any atom is 0.127 e. The summed E-state index contributed by atoms with van der Waals surface area (Å²) < 4.78 is 14.9. The number of benzene rings is 2. The van der Waals surface area contributed by atoms with Gasteiger partial charge >= 0.3 is 0 Å². The second-order valence-corrected chi connectivity index (χ2v) is 6.49. The van der Waals surface area contributed by atoms with E-state index >= 15 is 0 Å². The molecule has 0 radical (unpaired) electrons.